The largest absolute Gasteiger partial charge is 0.467 e. The first-order chi connectivity index (χ1) is 12.3. The van der Waals surface area contributed by atoms with Gasteiger partial charge in [0.1, 0.15) is 6.04 Å². The van der Waals surface area contributed by atoms with Gasteiger partial charge in [-0.2, -0.15) is 0 Å². The summed E-state index contributed by atoms with van der Waals surface area (Å²) in [5, 5.41) is 2.81. The molecule has 1 fully saturated rings. The van der Waals surface area contributed by atoms with Gasteiger partial charge >= 0.3 is 5.97 Å². The van der Waals surface area contributed by atoms with Crippen molar-refractivity contribution in [2.24, 2.45) is 5.92 Å². The number of amides is 2. The zero-order valence-electron chi connectivity index (χ0n) is 15.7. The SMILES string of the molecule is COC(=O)C(C1COC1)N(C)C(=O)CC(NC(C)=O)c1ccc(C)cc1. The summed E-state index contributed by atoms with van der Waals surface area (Å²) in [4.78, 5) is 37.9. The number of rotatable bonds is 7. The van der Waals surface area contributed by atoms with Crippen molar-refractivity contribution in [2.45, 2.75) is 32.4 Å². The first-order valence-electron chi connectivity index (χ1n) is 8.58. The molecule has 2 amide bonds. The molecule has 2 rings (SSSR count). The predicted octanol–water partition coefficient (Wildman–Crippen LogP) is 1.21. The van der Waals surface area contributed by atoms with E-state index in [-0.39, 0.29) is 24.2 Å². The molecule has 1 aromatic carbocycles. The summed E-state index contributed by atoms with van der Waals surface area (Å²) in [7, 11) is 2.89. The van der Waals surface area contributed by atoms with Gasteiger partial charge in [0.2, 0.25) is 11.8 Å². The number of nitrogens with zero attached hydrogens (tertiary/aromatic N) is 1. The van der Waals surface area contributed by atoms with Crippen molar-refractivity contribution >= 4 is 17.8 Å². The van der Waals surface area contributed by atoms with E-state index in [0.29, 0.717) is 13.2 Å². The Balaban J connectivity index is 2.14. The molecule has 0 saturated carbocycles. The Morgan fingerprint density at radius 2 is 1.88 bits per heavy atom. The second kappa shape index (κ2) is 8.80. The van der Waals surface area contributed by atoms with Crippen molar-refractivity contribution < 1.29 is 23.9 Å². The van der Waals surface area contributed by atoms with Gasteiger partial charge in [0, 0.05) is 19.9 Å². The molecule has 7 nitrogen and oxygen atoms in total. The number of hydrogen-bond donors (Lipinski definition) is 1. The quantitative estimate of drug-likeness (QED) is 0.737. The van der Waals surface area contributed by atoms with Crippen molar-refractivity contribution in [2.75, 3.05) is 27.4 Å². The highest BCUT2D eigenvalue weighted by atomic mass is 16.5. The highest BCUT2D eigenvalue weighted by Gasteiger charge is 2.39. The molecule has 0 aliphatic carbocycles. The maximum atomic E-state index is 12.8. The van der Waals surface area contributed by atoms with Crippen LogP contribution in [0.5, 0.6) is 0 Å². The number of benzene rings is 1. The standard InChI is InChI=1S/C19H26N2O5/c1-12-5-7-14(8-6-12)16(20-13(2)22)9-17(23)21(3)18(19(24)25-4)15-10-26-11-15/h5-8,15-16,18H,9-11H2,1-4H3,(H,20,22). The van der Waals surface area contributed by atoms with Crippen LogP contribution in [-0.2, 0) is 23.9 Å². The van der Waals surface area contributed by atoms with E-state index < -0.39 is 18.1 Å². The lowest BCUT2D eigenvalue weighted by Crippen LogP contribution is -2.54. The van der Waals surface area contributed by atoms with Gasteiger partial charge in [-0.05, 0) is 12.5 Å². The van der Waals surface area contributed by atoms with E-state index >= 15 is 0 Å². The van der Waals surface area contributed by atoms with E-state index in [2.05, 4.69) is 5.32 Å². The summed E-state index contributed by atoms with van der Waals surface area (Å²) >= 11 is 0. The fraction of sp³-hybridized carbons (Fsp3) is 0.526. The second-order valence-corrected chi connectivity index (χ2v) is 6.64. The van der Waals surface area contributed by atoms with Crippen LogP contribution in [0.15, 0.2) is 24.3 Å². The highest BCUT2D eigenvalue weighted by Crippen LogP contribution is 2.24. The Hall–Kier alpha value is -2.41. The third-order valence-corrected chi connectivity index (χ3v) is 4.60. The minimum Gasteiger partial charge on any atom is -0.467 e. The molecule has 1 aliphatic heterocycles. The van der Waals surface area contributed by atoms with Gasteiger partial charge in [-0.15, -0.1) is 0 Å². The lowest BCUT2D eigenvalue weighted by Gasteiger charge is -2.37. The Morgan fingerprint density at radius 3 is 2.35 bits per heavy atom. The number of hydrogen-bond acceptors (Lipinski definition) is 5. The van der Waals surface area contributed by atoms with Gasteiger partial charge in [0.15, 0.2) is 0 Å². The Kier molecular flexibility index (Phi) is 6.74. The smallest absolute Gasteiger partial charge is 0.329 e. The lowest BCUT2D eigenvalue weighted by atomic mass is 9.95. The molecule has 7 heteroatoms. The van der Waals surface area contributed by atoms with Gasteiger partial charge in [-0.1, -0.05) is 29.8 Å². The van der Waals surface area contributed by atoms with E-state index in [4.69, 9.17) is 9.47 Å². The molecule has 0 aromatic heterocycles. The number of methoxy groups -OCH3 is 1. The zero-order chi connectivity index (χ0) is 19.3. The van der Waals surface area contributed by atoms with Crippen LogP contribution in [0.1, 0.15) is 30.5 Å². The first kappa shape index (κ1) is 19.9. The van der Waals surface area contributed by atoms with Crippen molar-refractivity contribution in [1.82, 2.24) is 10.2 Å². The van der Waals surface area contributed by atoms with Gasteiger partial charge in [-0.25, -0.2) is 4.79 Å². The number of aryl methyl sites for hydroxylation is 1. The van der Waals surface area contributed by atoms with Crippen LogP contribution < -0.4 is 5.32 Å². The molecule has 1 saturated heterocycles. The molecule has 1 aliphatic rings. The third-order valence-electron chi connectivity index (χ3n) is 4.60. The van der Waals surface area contributed by atoms with Gasteiger partial charge in [0.05, 0.1) is 32.8 Å². The Morgan fingerprint density at radius 1 is 1.27 bits per heavy atom. The van der Waals surface area contributed by atoms with Crippen LogP contribution in [0.4, 0.5) is 0 Å². The van der Waals surface area contributed by atoms with Crippen molar-refractivity contribution in [3.63, 3.8) is 0 Å². The number of ether oxygens (including phenoxy) is 2. The van der Waals surface area contributed by atoms with Crippen molar-refractivity contribution in [1.29, 1.82) is 0 Å². The molecule has 2 atom stereocenters. The van der Waals surface area contributed by atoms with Crippen LogP contribution in [0.2, 0.25) is 0 Å². The lowest BCUT2D eigenvalue weighted by molar-refractivity contribution is -0.163. The van der Waals surface area contributed by atoms with Crippen molar-refractivity contribution in [3.05, 3.63) is 35.4 Å². The van der Waals surface area contributed by atoms with E-state index in [1.807, 2.05) is 31.2 Å². The summed E-state index contributed by atoms with van der Waals surface area (Å²) in [6.07, 6.45) is 0.0558. The molecule has 142 valence electrons. The Bertz CT molecular complexity index is 654. The van der Waals surface area contributed by atoms with E-state index in [1.54, 1.807) is 7.05 Å². The number of carbonyl (C=O) groups is 3. The van der Waals surface area contributed by atoms with E-state index in [0.717, 1.165) is 11.1 Å². The number of likely N-dealkylation sites (N-methyl/N-ethyl adjacent to an activating group) is 1. The minimum atomic E-state index is -0.683. The summed E-state index contributed by atoms with van der Waals surface area (Å²) in [5.74, 6) is -0.995. The Labute approximate surface area is 153 Å². The van der Waals surface area contributed by atoms with Crippen LogP contribution in [-0.4, -0.2) is 56.1 Å². The zero-order valence-corrected chi connectivity index (χ0v) is 15.7. The molecule has 0 radical (unpaired) electrons. The molecule has 1 heterocycles. The number of nitrogens with one attached hydrogen (secondary N) is 1. The first-order valence-corrected chi connectivity index (χ1v) is 8.58. The van der Waals surface area contributed by atoms with Crippen LogP contribution in [0.3, 0.4) is 0 Å². The monoisotopic (exact) mass is 362 g/mol. The fourth-order valence-electron chi connectivity index (χ4n) is 2.99. The molecular weight excluding hydrogens is 336 g/mol. The highest BCUT2D eigenvalue weighted by molar-refractivity contribution is 5.85. The number of carbonyl (C=O) groups excluding carboxylic acids is 3. The summed E-state index contributed by atoms with van der Waals surface area (Å²) in [5.41, 5.74) is 1.93. The normalized spacial score (nSPS) is 16.2. The number of esters is 1. The summed E-state index contributed by atoms with van der Waals surface area (Å²) in [6, 6.07) is 6.50. The summed E-state index contributed by atoms with van der Waals surface area (Å²) < 4.78 is 10.0. The molecule has 2 unspecified atom stereocenters. The minimum absolute atomic E-state index is 0.0558. The van der Waals surface area contributed by atoms with Gasteiger partial charge < -0.3 is 19.7 Å². The summed E-state index contributed by atoms with van der Waals surface area (Å²) in [6.45, 7) is 4.23. The average Bonchev–Trinajstić information content (AvgIpc) is 2.56. The predicted molar refractivity (Wildman–Crippen MR) is 95.2 cm³/mol. The van der Waals surface area contributed by atoms with Crippen molar-refractivity contribution in [3.8, 4) is 0 Å². The average molecular weight is 362 g/mol. The van der Waals surface area contributed by atoms with Gasteiger partial charge in [0.25, 0.3) is 0 Å². The topological polar surface area (TPSA) is 84.9 Å². The van der Waals surface area contributed by atoms with E-state index in [9.17, 15) is 14.4 Å². The molecule has 0 spiro atoms. The fourth-order valence-corrected chi connectivity index (χ4v) is 2.99. The maximum Gasteiger partial charge on any atom is 0.329 e. The second-order valence-electron chi connectivity index (χ2n) is 6.64. The van der Waals surface area contributed by atoms with Gasteiger partial charge in [-0.3, -0.25) is 9.59 Å². The molecule has 1 aromatic rings. The van der Waals surface area contributed by atoms with Crippen LogP contribution in [0, 0.1) is 12.8 Å². The maximum absolute atomic E-state index is 12.8. The third kappa shape index (κ3) is 4.82. The molecule has 1 N–H and O–H groups in total. The van der Waals surface area contributed by atoms with Crippen LogP contribution >= 0.6 is 0 Å². The molecule has 0 bridgehead atoms. The van der Waals surface area contributed by atoms with Crippen LogP contribution in [0.25, 0.3) is 0 Å². The molecule has 26 heavy (non-hydrogen) atoms. The molecular formula is C19H26N2O5. The van der Waals surface area contributed by atoms with E-state index in [1.165, 1.54) is 18.9 Å².